The van der Waals surface area contributed by atoms with Gasteiger partial charge in [-0.25, -0.2) is 8.78 Å². The van der Waals surface area contributed by atoms with Crippen LogP contribution in [0.1, 0.15) is 37.8 Å². The molecule has 1 atom stereocenters. The van der Waals surface area contributed by atoms with Crippen LogP contribution in [0.3, 0.4) is 0 Å². The summed E-state index contributed by atoms with van der Waals surface area (Å²) in [5, 5.41) is 0. The van der Waals surface area contributed by atoms with Gasteiger partial charge < -0.3 is 5.73 Å². The van der Waals surface area contributed by atoms with Crippen LogP contribution in [-0.4, -0.2) is 12.0 Å². The molecular weight excluding hydrogens is 208 g/mol. The largest absolute Gasteiger partial charge is 0.320 e. The topological polar surface area (TPSA) is 26.0 Å². The first-order valence-electron chi connectivity index (χ1n) is 5.49. The number of benzene rings is 1. The molecule has 0 aliphatic heterocycles. The minimum absolute atomic E-state index is 0.197. The number of rotatable bonds is 4. The molecule has 0 fully saturated rings. The van der Waals surface area contributed by atoms with Crippen molar-refractivity contribution in [1.82, 2.24) is 0 Å². The summed E-state index contributed by atoms with van der Waals surface area (Å²) in [5.41, 5.74) is 6.16. The lowest BCUT2D eigenvalue weighted by Crippen LogP contribution is -2.45. The van der Waals surface area contributed by atoms with Gasteiger partial charge in [0.2, 0.25) is 0 Å². The monoisotopic (exact) mass is 227 g/mol. The van der Waals surface area contributed by atoms with Gasteiger partial charge in [0.25, 0.3) is 6.43 Å². The van der Waals surface area contributed by atoms with Gasteiger partial charge in [-0.1, -0.05) is 38.1 Å². The van der Waals surface area contributed by atoms with Crippen LogP contribution in [0.4, 0.5) is 8.78 Å². The zero-order chi connectivity index (χ0) is 12.3. The van der Waals surface area contributed by atoms with E-state index in [1.54, 1.807) is 0 Å². The first-order valence-corrected chi connectivity index (χ1v) is 5.49. The van der Waals surface area contributed by atoms with Gasteiger partial charge in [0, 0.05) is 0 Å². The summed E-state index contributed by atoms with van der Waals surface area (Å²) in [6.07, 6.45) is -2.31. The molecule has 0 aliphatic rings. The van der Waals surface area contributed by atoms with Crippen molar-refractivity contribution >= 4 is 0 Å². The van der Waals surface area contributed by atoms with Crippen molar-refractivity contribution in [2.75, 3.05) is 0 Å². The van der Waals surface area contributed by atoms with Crippen LogP contribution in [0.25, 0.3) is 0 Å². The highest BCUT2D eigenvalue weighted by Crippen LogP contribution is 2.20. The fraction of sp³-hybridized carbons (Fsp3) is 0.538. The maximum atomic E-state index is 12.6. The predicted octanol–water partition coefficient (Wildman–Crippen LogP) is 3.34. The first kappa shape index (κ1) is 13.1. The summed E-state index contributed by atoms with van der Waals surface area (Å²) >= 11 is 0. The van der Waals surface area contributed by atoms with Crippen molar-refractivity contribution in [2.24, 2.45) is 5.73 Å². The second-order valence-corrected chi connectivity index (χ2v) is 4.88. The minimum Gasteiger partial charge on any atom is -0.320 e. The van der Waals surface area contributed by atoms with E-state index in [0.29, 0.717) is 5.92 Å². The zero-order valence-electron chi connectivity index (χ0n) is 10.0. The van der Waals surface area contributed by atoms with E-state index in [0.717, 1.165) is 5.56 Å². The number of alkyl halides is 2. The average Bonchev–Trinajstić information content (AvgIpc) is 2.17. The maximum Gasteiger partial charge on any atom is 0.256 e. The second-order valence-electron chi connectivity index (χ2n) is 4.88. The summed E-state index contributed by atoms with van der Waals surface area (Å²) in [5.74, 6) is 0.452. The molecule has 0 aliphatic carbocycles. The van der Waals surface area contributed by atoms with Crippen molar-refractivity contribution in [3.05, 3.63) is 35.4 Å². The van der Waals surface area contributed by atoms with Crippen LogP contribution in [0, 0.1) is 0 Å². The third kappa shape index (κ3) is 3.27. The third-order valence-corrected chi connectivity index (χ3v) is 2.73. The molecule has 1 unspecified atom stereocenters. The SMILES string of the molecule is CC(C)c1ccc(CC(C)(N)C(F)F)cc1. The number of halogens is 2. The van der Waals surface area contributed by atoms with Gasteiger partial charge >= 0.3 is 0 Å². The molecule has 0 saturated carbocycles. The Bertz CT molecular complexity index is 328. The molecule has 0 heterocycles. The van der Waals surface area contributed by atoms with Crippen LogP contribution >= 0.6 is 0 Å². The molecule has 1 rings (SSSR count). The molecule has 16 heavy (non-hydrogen) atoms. The standard InChI is InChI=1S/C13H19F2N/c1-9(2)11-6-4-10(5-7-11)8-13(3,16)12(14)15/h4-7,9,12H,8,16H2,1-3H3. The van der Waals surface area contributed by atoms with Crippen molar-refractivity contribution in [3.63, 3.8) is 0 Å². The summed E-state index contributed by atoms with van der Waals surface area (Å²) in [4.78, 5) is 0. The molecule has 0 bridgehead atoms. The minimum atomic E-state index is -2.50. The van der Waals surface area contributed by atoms with Crippen LogP contribution in [-0.2, 0) is 6.42 Å². The molecule has 2 N–H and O–H groups in total. The molecule has 1 aromatic rings. The number of hydrogen-bond acceptors (Lipinski definition) is 1. The van der Waals surface area contributed by atoms with Crippen LogP contribution in [0.2, 0.25) is 0 Å². The van der Waals surface area contributed by atoms with Crippen molar-refractivity contribution in [2.45, 2.75) is 45.1 Å². The Hall–Kier alpha value is -0.960. The highest BCUT2D eigenvalue weighted by atomic mass is 19.3. The summed E-state index contributed by atoms with van der Waals surface area (Å²) in [6, 6.07) is 7.70. The summed E-state index contributed by atoms with van der Waals surface area (Å²) in [6.45, 7) is 5.58. The van der Waals surface area contributed by atoms with E-state index in [1.165, 1.54) is 12.5 Å². The predicted molar refractivity (Wildman–Crippen MR) is 62.8 cm³/mol. The van der Waals surface area contributed by atoms with E-state index in [-0.39, 0.29) is 6.42 Å². The number of nitrogens with two attached hydrogens (primary N) is 1. The molecule has 1 nitrogen and oxygen atoms in total. The van der Waals surface area contributed by atoms with Gasteiger partial charge in [0.15, 0.2) is 0 Å². The normalized spacial score (nSPS) is 15.5. The molecule has 0 radical (unpaired) electrons. The van der Waals surface area contributed by atoms with Gasteiger partial charge in [-0.15, -0.1) is 0 Å². The first-order chi connectivity index (χ1) is 7.33. The van der Waals surface area contributed by atoms with E-state index in [2.05, 4.69) is 13.8 Å². The van der Waals surface area contributed by atoms with E-state index < -0.39 is 12.0 Å². The number of hydrogen-bond donors (Lipinski definition) is 1. The lowest BCUT2D eigenvalue weighted by Gasteiger charge is -2.23. The fourth-order valence-corrected chi connectivity index (χ4v) is 1.54. The maximum absolute atomic E-state index is 12.6. The smallest absolute Gasteiger partial charge is 0.256 e. The van der Waals surface area contributed by atoms with Gasteiger partial charge in [-0.3, -0.25) is 0 Å². The quantitative estimate of drug-likeness (QED) is 0.838. The Kier molecular flexibility index (Phi) is 4.03. The van der Waals surface area contributed by atoms with E-state index in [9.17, 15) is 8.78 Å². The second kappa shape index (κ2) is 4.91. The average molecular weight is 227 g/mol. The highest BCUT2D eigenvalue weighted by molar-refractivity contribution is 5.26. The Balaban J connectivity index is 2.76. The van der Waals surface area contributed by atoms with Crippen LogP contribution < -0.4 is 5.73 Å². The van der Waals surface area contributed by atoms with E-state index in [1.807, 2.05) is 24.3 Å². The van der Waals surface area contributed by atoms with Crippen molar-refractivity contribution in [1.29, 1.82) is 0 Å². The van der Waals surface area contributed by atoms with Crippen molar-refractivity contribution in [3.8, 4) is 0 Å². The molecule has 3 heteroatoms. The Morgan fingerprint density at radius 1 is 1.19 bits per heavy atom. The molecule has 0 saturated heterocycles. The third-order valence-electron chi connectivity index (χ3n) is 2.73. The van der Waals surface area contributed by atoms with Gasteiger partial charge in [-0.05, 0) is 30.4 Å². The van der Waals surface area contributed by atoms with E-state index >= 15 is 0 Å². The fourth-order valence-electron chi connectivity index (χ4n) is 1.54. The molecule has 90 valence electrons. The lowest BCUT2D eigenvalue weighted by atomic mass is 9.93. The van der Waals surface area contributed by atoms with Gasteiger partial charge in [0.05, 0.1) is 5.54 Å². The van der Waals surface area contributed by atoms with Gasteiger partial charge in [-0.2, -0.15) is 0 Å². The highest BCUT2D eigenvalue weighted by Gasteiger charge is 2.30. The molecule has 0 aromatic heterocycles. The van der Waals surface area contributed by atoms with Crippen molar-refractivity contribution < 1.29 is 8.78 Å². The molecule has 0 amide bonds. The summed E-state index contributed by atoms with van der Waals surface area (Å²) < 4.78 is 25.2. The Labute approximate surface area is 95.7 Å². The molecule has 1 aromatic carbocycles. The van der Waals surface area contributed by atoms with Gasteiger partial charge in [0.1, 0.15) is 0 Å². The molecular formula is C13H19F2N. The summed E-state index contributed by atoms with van der Waals surface area (Å²) in [7, 11) is 0. The van der Waals surface area contributed by atoms with Crippen LogP contribution in [0.15, 0.2) is 24.3 Å². The Morgan fingerprint density at radius 3 is 2.06 bits per heavy atom. The van der Waals surface area contributed by atoms with Crippen LogP contribution in [0.5, 0.6) is 0 Å². The molecule has 0 spiro atoms. The zero-order valence-corrected chi connectivity index (χ0v) is 10.0. The Morgan fingerprint density at radius 2 is 1.69 bits per heavy atom. The lowest BCUT2D eigenvalue weighted by molar-refractivity contribution is 0.0639. The van der Waals surface area contributed by atoms with E-state index in [4.69, 9.17) is 5.73 Å².